The van der Waals surface area contributed by atoms with Crippen molar-refractivity contribution in [3.63, 3.8) is 0 Å². The summed E-state index contributed by atoms with van der Waals surface area (Å²) >= 11 is 1.44. The van der Waals surface area contributed by atoms with Crippen molar-refractivity contribution in [3.8, 4) is 0 Å². The number of benzene rings is 1. The SMILES string of the molecule is CC(=O)OC1=C(Sc2ccccc2)CC[C@@H](OC(C)=O)[C@@H]1OC(C)=O. The fourth-order valence-electron chi connectivity index (χ4n) is 2.52. The molecule has 1 aliphatic carbocycles. The molecule has 0 spiro atoms. The number of rotatable bonds is 5. The summed E-state index contributed by atoms with van der Waals surface area (Å²) in [6, 6.07) is 9.58. The number of hydrogen-bond acceptors (Lipinski definition) is 7. The lowest BCUT2D eigenvalue weighted by molar-refractivity contribution is -0.168. The molecule has 0 fully saturated rings. The van der Waals surface area contributed by atoms with Crippen LogP contribution in [0.3, 0.4) is 0 Å². The van der Waals surface area contributed by atoms with Gasteiger partial charge in [0.1, 0.15) is 6.10 Å². The van der Waals surface area contributed by atoms with Gasteiger partial charge >= 0.3 is 17.9 Å². The molecule has 0 aromatic heterocycles. The van der Waals surface area contributed by atoms with Gasteiger partial charge in [0.25, 0.3) is 0 Å². The summed E-state index contributed by atoms with van der Waals surface area (Å²) in [5.41, 5.74) is 0. The smallest absolute Gasteiger partial charge is 0.307 e. The lowest BCUT2D eigenvalue weighted by Gasteiger charge is -2.32. The van der Waals surface area contributed by atoms with Crippen LogP contribution in [-0.4, -0.2) is 30.1 Å². The molecule has 0 radical (unpaired) electrons. The van der Waals surface area contributed by atoms with Crippen LogP contribution >= 0.6 is 11.8 Å². The van der Waals surface area contributed by atoms with Gasteiger partial charge in [0.05, 0.1) is 0 Å². The van der Waals surface area contributed by atoms with E-state index in [2.05, 4.69) is 0 Å². The van der Waals surface area contributed by atoms with Crippen molar-refractivity contribution < 1.29 is 28.6 Å². The number of ether oxygens (including phenoxy) is 3. The van der Waals surface area contributed by atoms with Crippen molar-refractivity contribution >= 4 is 29.7 Å². The first kappa shape index (κ1) is 19.1. The van der Waals surface area contributed by atoms with Crippen LogP contribution in [0.1, 0.15) is 33.6 Å². The Morgan fingerprint density at radius 1 is 0.960 bits per heavy atom. The third-order valence-electron chi connectivity index (χ3n) is 3.38. The summed E-state index contributed by atoms with van der Waals surface area (Å²) in [5, 5.41) is 0. The van der Waals surface area contributed by atoms with E-state index in [0.29, 0.717) is 12.8 Å². The van der Waals surface area contributed by atoms with Crippen molar-refractivity contribution in [2.24, 2.45) is 0 Å². The van der Waals surface area contributed by atoms with Gasteiger partial charge in [0.15, 0.2) is 11.9 Å². The van der Waals surface area contributed by atoms with Crippen LogP contribution in [0.2, 0.25) is 0 Å². The molecular weight excluding hydrogens is 344 g/mol. The molecule has 0 aliphatic heterocycles. The minimum atomic E-state index is -0.940. The monoisotopic (exact) mass is 364 g/mol. The Morgan fingerprint density at radius 3 is 2.16 bits per heavy atom. The van der Waals surface area contributed by atoms with Gasteiger partial charge in [-0.3, -0.25) is 14.4 Å². The van der Waals surface area contributed by atoms with Gasteiger partial charge in [0, 0.05) is 30.6 Å². The summed E-state index contributed by atoms with van der Waals surface area (Å²) in [5.74, 6) is -1.32. The molecule has 0 amide bonds. The highest BCUT2D eigenvalue weighted by Crippen LogP contribution is 2.40. The molecule has 1 aliphatic rings. The Morgan fingerprint density at radius 2 is 1.60 bits per heavy atom. The van der Waals surface area contributed by atoms with E-state index in [1.54, 1.807) is 0 Å². The Hall–Kier alpha value is -2.28. The van der Waals surface area contributed by atoms with E-state index in [0.717, 1.165) is 9.80 Å². The number of carbonyl (C=O) groups excluding carboxylic acids is 3. The maximum absolute atomic E-state index is 11.6. The molecule has 2 atom stereocenters. The standard InChI is InChI=1S/C18H20O6S/c1-11(19)22-15-9-10-16(25-14-7-5-4-6-8-14)18(24-13(3)21)17(15)23-12(2)20/h4-8,15,17H,9-10H2,1-3H3/t15-,17+/m1/s1. The first-order chi connectivity index (χ1) is 11.9. The second kappa shape index (κ2) is 8.71. The normalized spacial score (nSPS) is 20.0. The molecule has 7 heteroatoms. The van der Waals surface area contributed by atoms with Crippen LogP contribution in [-0.2, 0) is 28.6 Å². The second-order valence-corrected chi connectivity index (χ2v) is 6.68. The van der Waals surface area contributed by atoms with Crippen LogP contribution in [0, 0.1) is 0 Å². The topological polar surface area (TPSA) is 78.9 Å². The minimum Gasteiger partial charge on any atom is -0.458 e. The third-order valence-corrected chi connectivity index (χ3v) is 4.53. The molecule has 0 saturated carbocycles. The van der Waals surface area contributed by atoms with Gasteiger partial charge in [0.2, 0.25) is 0 Å². The Kier molecular flexibility index (Phi) is 6.64. The summed E-state index contributed by atoms with van der Waals surface area (Å²) in [4.78, 5) is 36.2. The zero-order valence-corrected chi connectivity index (χ0v) is 15.1. The van der Waals surface area contributed by atoms with Crippen molar-refractivity contribution in [1.82, 2.24) is 0 Å². The van der Waals surface area contributed by atoms with E-state index in [-0.39, 0.29) is 5.76 Å². The summed E-state index contributed by atoms with van der Waals surface area (Å²) in [7, 11) is 0. The van der Waals surface area contributed by atoms with Crippen molar-refractivity contribution in [2.45, 2.75) is 50.7 Å². The molecule has 134 valence electrons. The number of esters is 3. The predicted molar refractivity (Wildman–Crippen MR) is 91.4 cm³/mol. The van der Waals surface area contributed by atoms with E-state index in [9.17, 15) is 14.4 Å². The fraction of sp³-hybridized carbons (Fsp3) is 0.389. The van der Waals surface area contributed by atoms with Gasteiger partial charge in [-0.25, -0.2) is 0 Å². The van der Waals surface area contributed by atoms with Crippen LogP contribution in [0.4, 0.5) is 0 Å². The van der Waals surface area contributed by atoms with E-state index in [1.807, 2.05) is 30.3 Å². The highest BCUT2D eigenvalue weighted by Gasteiger charge is 2.39. The molecule has 0 N–H and O–H groups in total. The molecule has 0 saturated heterocycles. The molecule has 1 aromatic carbocycles. The van der Waals surface area contributed by atoms with Gasteiger partial charge < -0.3 is 14.2 Å². The molecular formula is C18H20O6S. The Balaban J connectivity index is 2.38. The van der Waals surface area contributed by atoms with E-state index in [1.165, 1.54) is 32.5 Å². The molecule has 25 heavy (non-hydrogen) atoms. The Bertz CT molecular complexity index is 682. The average Bonchev–Trinajstić information content (AvgIpc) is 2.52. The predicted octanol–water partition coefficient (Wildman–Crippen LogP) is 3.21. The minimum absolute atomic E-state index is 0.231. The number of carbonyl (C=O) groups is 3. The first-order valence-electron chi connectivity index (χ1n) is 7.85. The molecule has 6 nitrogen and oxygen atoms in total. The maximum Gasteiger partial charge on any atom is 0.307 e. The van der Waals surface area contributed by atoms with Gasteiger partial charge in [-0.15, -0.1) is 0 Å². The zero-order valence-electron chi connectivity index (χ0n) is 14.3. The van der Waals surface area contributed by atoms with Crippen molar-refractivity contribution in [1.29, 1.82) is 0 Å². The quantitative estimate of drug-likeness (QED) is 0.586. The lowest BCUT2D eigenvalue weighted by Crippen LogP contribution is -2.40. The van der Waals surface area contributed by atoms with Gasteiger partial charge in [-0.05, 0) is 25.0 Å². The van der Waals surface area contributed by atoms with E-state index in [4.69, 9.17) is 14.2 Å². The largest absolute Gasteiger partial charge is 0.458 e. The highest BCUT2D eigenvalue weighted by molar-refractivity contribution is 8.03. The maximum atomic E-state index is 11.6. The number of hydrogen-bond donors (Lipinski definition) is 0. The lowest BCUT2D eigenvalue weighted by atomic mass is 9.99. The summed E-state index contributed by atoms with van der Waals surface area (Å²) in [6.45, 7) is 3.82. The summed E-state index contributed by atoms with van der Waals surface area (Å²) < 4.78 is 15.9. The van der Waals surface area contributed by atoms with E-state index < -0.39 is 30.1 Å². The van der Waals surface area contributed by atoms with Crippen molar-refractivity contribution in [3.05, 3.63) is 41.0 Å². The van der Waals surface area contributed by atoms with Crippen LogP contribution in [0.15, 0.2) is 45.9 Å². The van der Waals surface area contributed by atoms with Crippen molar-refractivity contribution in [2.75, 3.05) is 0 Å². The van der Waals surface area contributed by atoms with Crippen LogP contribution in [0.25, 0.3) is 0 Å². The first-order valence-corrected chi connectivity index (χ1v) is 8.67. The Labute approximate surface area is 150 Å². The molecule has 0 heterocycles. The zero-order chi connectivity index (χ0) is 18.4. The average molecular weight is 364 g/mol. The molecule has 0 bridgehead atoms. The number of thioether (sulfide) groups is 1. The van der Waals surface area contributed by atoms with Gasteiger partial charge in [-0.2, -0.15) is 0 Å². The summed E-state index contributed by atoms with van der Waals surface area (Å²) in [6.07, 6.45) is -0.615. The van der Waals surface area contributed by atoms with E-state index >= 15 is 0 Å². The fourth-order valence-corrected chi connectivity index (χ4v) is 3.58. The third kappa shape index (κ3) is 5.63. The van der Waals surface area contributed by atoms with Crippen LogP contribution in [0.5, 0.6) is 0 Å². The molecule has 0 unspecified atom stereocenters. The van der Waals surface area contributed by atoms with Gasteiger partial charge in [-0.1, -0.05) is 30.0 Å². The van der Waals surface area contributed by atoms with Crippen LogP contribution < -0.4 is 0 Å². The molecule has 2 rings (SSSR count). The highest BCUT2D eigenvalue weighted by atomic mass is 32.2. The molecule has 1 aromatic rings. The second-order valence-electron chi connectivity index (χ2n) is 5.51. The number of allylic oxidation sites excluding steroid dienone is 1.